The highest BCUT2D eigenvalue weighted by Crippen LogP contribution is 2.22. The molecule has 0 N–H and O–H groups in total. The van der Waals surface area contributed by atoms with Crippen LogP contribution < -0.4 is 0 Å². The summed E-state index contributed by atoms with van der Waals surface area (Å²) in [4.78, 5) is 0. The fourth-order valence-corrected chi connectivity index (χ4v) is 1.85. The Morgan fingerprint density at radius 1 is 1.25 bits per heavy atom. The van der Waals surface area contributed by atoms with Crippen LogP contribution in [0.5, 0.6) is 0 Å². The van der Waals surface area contributed by atoms with Gasteiger partial charge in [0.2, 0.25) is 0 Å². The Morgan fingerprint density at radius 2 is 2.08 bits per heavy atom. The molecule has 0 aliphatic heterocycles. The van der Waals surface area contributed by atoms with Gasteiger partial charge in [0.25, 0.3) is 0 Å². The van der Waals surface area contributed by atoms with Gasteiger partial charge in [-0.1, -0.05) is 18.2 Å². The minimum Gasteiger partial charge on any atom is -0.120 e. The van der Waals surface area contributed by atoms with Crippen molar-refractivity contribution < 1.29 is 0 Å². The summed E-state index contributed by atoms with van der Waals surface area (Å²) < 4.78 is 0. The average molecular weight is 156 g/mol. The van der Waals surface area contributed by atoms with Crippen LogP contribution in [0, 0.1) is 12.3 Å². The Kier molecular flexibility index (Phi) is 1.87. The molecule has 0 radical (unpaired) electrons. The minimum absolute atomic E-state index is 0.771. The van der Waals surface area contributed by atoms with Gasteiger partial charge < -0.3 is 0 Å². The van der Waals surface area contributed by atoms with Crippen molar-refractivity contribution in [3.63, 3.8) is 0 Å². The molecule has 0 heterocycles. The number of rotatable bonds is 1. The normalized spacial score (nSPS) is 13.9. The molecule has 0 aromatic heterocycles. The summed E-state index contributed by atoms with van der Waals surface area (Å²) in [7, 11) is 0. The highest BCUT2D eigenvalue weighted by atomic mass is 14.1. The molecule has 0 atom stereocenters. The Bertz CT molecular complexity index is 328. The van der Waals surface area contributed by atoms with Crippen molar-refractivity contribution >= 4 is 0 Å². The van der Waals surface area contributed by atoms with Crippen molar-refractivity contribution in [2.24, 2.45) is 0 Å². The average Bonchev–Trinajstić information content (AvgIpc) is 2.51. The molecule has 0 fully saturated rings. The first kappa shape index (κ1) is 7.43. The van der Waals surface area contributed by atoms with Crippen LogP contribution in [0.1, 0.15) is 23.1 Å². The number of aryl methyl sites for hydroxylation is 2. The van der Waals surface area contributed by atoms with Crippen LogP contribution in [0.4, 0.5) is 0 Å². The summed E-state index contributed by atoms with van der Waals surface area (Å²) in [6, 6.07) is 6.65. The lowest BCUT2D eigenvalue weighted by Gasteiger charge is -2.00. The van der Waals surface area contributed by atoms with Crippen molar-refractivity contribution in [3.05, 3.63) is 34.9 Å². The van der Waals surface area contributed by atoms with E-state index in [1.54, 1.807) is 0 Å². The van der Waals surface area contributed by atoms with Gasteiger partial charge in [0, 0.05) is 6.42 Å². The van der Waals surface area contributed by atoms with Gasteiger partial charge >= 0.3 is 0 Å². The van der Waals surface area contributed by atoms with Gasteiger partial charge in [-0.05, 0) is 36.0 Å². The van der Waals surface area contributed by atoms with Crippen molar-refractivity contribution in [1.82, 2.24) is 0 Å². The fourth-order valence-electron chi connectivity index (χ4n) is 1.85. The second-order valence-electron chi connectivity index (χ2n) is 3.34. The molecular formula is C12H12. The van der Waals surface area contributed by atoms with E-state index in [2.05, 4.69) is 24.1 Å². The van der Waals surface area contributed by atoms with E-state index in [1.807, 2.05) is 0 Å². The molecule has 0 nitrogen and oxygen atoms in total. The van der Waals surface area contributed by atoms with Crippen molar-refractivity contribution in [2.45, 2.75) is 25.7 Å². The standard InChI is InChI=1S/C12H12/c1-2-4-10-7-8-11-5-3-6-12(11)9-10/h1,7-9H,3-6H2. The molecule has 0 spiro atoms. The molecule has 1 aliphatic carbocycles. The molecule has 0 saturated carbocycles. The number of fused-ring (bicyclic) bond motifs is 1. The second kappa shape index (κ2) is 3.03. The maximum Gasteiger partial charge on any atom is 0.0337 e. The molecule has 1 aromatic carbocycles. The summed E-state index contributed by atoms with van der Waals surface area (Å²) in [5.41, 5.74) is 4.33. The summed E-state index contributed by atoms with van der Waals surface area (Å²) in [6.07, 6.45) is 9.84. The van der Waals surface area contributed by atoms with E-state index in [4.69, 9.17) is 6.42 Å². The molecule has 1 aliphatic rings. The zero-order valence-electron chi connectivity index (χ0n) is 7.14. The van der Waals surface area contributed by atoms with E-state index < -0.39 is 0 Å². The summed E-state index contributed by atoms with van der Waals surface area (Å²) >= 11 is 0. The molecule has 60 valence electrons. The van der Waals surface area contributed by atoms with Crippen LogP contribution in [0.25, 0.3) is 0 Å². The Hall–Kier alpha value is -1.22. The van der Waals surface area contributed by atoms with Gasteiger partial charge in [-0.15, -0.1) is 12.3 Å². The Balaban J connectivity index is 2.34. The molecule has 0 amide bonds. The van der Waals surface area contributed by atoms with Gasteiger partial charge in [0.1, 0.15) is 0 Å². The van der Waals surface area contributed by atoms with E-state index in [9.17, 15) is 0 Å². The number of terminal acetylenes is 1. The lowest BCUT2D eigenvalue weighted by molar-refractivity contribution is 0.911. The van der Waals surface area contributed by atoms with Crippen molar-refractivity contribution in [3.8, 4) is 12.3 Å². The molecule has 0 saturated heterocycles. The summed E-state index contributed by atoms with van der Waals surface area (Å²) in [5.74, 6) is 2.68. The Morgan fingerprint density at radius 3 is 2.92 bits per heavy atom. The van der Waals surface area contributed by atoms with Crippen LogP contribution in [-0.4, -0.2) is 0 Å². The third-order valence-corrected chi connectivity index (χ3v) is 2.47. The maximum atomic E-state index is 5.26. The largest absolute Gasteiger partial charge is 0.120 e. The second-order valence-corrected chi connectivity index (χ2v) is 3.34. The minimum atomic E-state index is 0.771. The first-order chi connectivity index (χ1) is 5.90. The molecule has 0 heteroatoms. The lowest BCUT2D eigenvalue weighted by atomic mass is 10.0. The topological polar surface area (TPSA) is 0 Å². The zero-order valence-corrected chi connectivity index (χ0v) is 7.14. The molecular weight excluding hydrogens is 144 g/mol. The van der Waals surface area contributed by atoms with E-state index in [0.29, 0.717) is 0 Å². The van der Waals surface area contributed by atoms with Gasteiger partial charge in [0.15, 0.2) is 0 Å². The first-order valence-electron chi connectivity index (χ1n) is 4.44. The summed E-state index contributed by atoms with van der Waals surface area (Å²) in [6.45, 7) is 0. The van der Waals surface area contributed by atoms with E-state index in [1.165, 1.54) is 36.0 Å². The van der Waals surface area contributed by atoms with Crippen molar-refractivity contribution in [1.29, 1.82) is 0 Å². The molecule has 0 unspecified atom stereocenters. The molecule has 1 aromatic rings. The number of benzene rings is 1. The van der Waals surface area contributed by atoms with Crippen LogP contribution in [0.3, 0.4) is 0 Å². The number of hydrogen-bond donors (Lipinski definition) is 0. The van der Waals surface area contributed by atoms with Gasteiger partial charge in [-0.25, -0.2) is 0 Å². The third-order valence-electron chi connectivity index (χ3n) is 2.47. The third kappa shape index (κ3) is 1.23. The number of hydrogen-bond acceptors (Lipinski definition) is 0. The Labute approximate surface area is 73.6 Å². The van der Waals surface area contributed by atoms with E-state index in [0.717, 1.165) is 6.42 Å². The predicted molar refractivity (Wildman–Crippen MR) is 51.0 cm³/mol. The quantitative estimate of drug-likeness (QED) is 0.547. The molecule has 12 heavy (non-hydrogen) atoms. The van der Waals surface area contributed by atoms with Crippen LogP contribution in [0.2, 0.25) is 0 Å². The monoisotopic (exact) mass is 156 g/mol. The predicted octanol–water partition coefficient (Wildman–Crippen LogP) is 2.35. The van der Waals surface area contributed by atoms with Crippen molar-refractivity contribution in [2.75, 3.05) is 0 Å². The smallest absolute Gasteiger partial charge is 0.0337 e. The van der Waals surface area contributed by atoms with E-state index >= 15 is 0 Å². The summed E-state index contributed by atoms with van der Waals surface area (Å²) in [5, 5.41) is 0. The fraction of sp³-hybridized carbons (Fsp3) is 0.333. The van der Waals surface area contributed by atoms with Crippen LogP contribution >= 0.6 is 0 Å². The first-order valence-corrected chi connectivity index (χ1v) is 4.44. The SMILES string of the molecule is C#CCc1ccc2c(c1)CCC2. The van der Waals surface area contributed by atoms with Gasteiger partial charge in [-0.3, -0.25) is 0 Å². The highest BCUT2D eigenvalue weighted by Gasteiger charge is 2.09. The van der Waals surface area contributed by atoms with E-state index in [-0.39, 0.29) is 0 Å². The maximum absolute atomic E-state index is 5.26. The van der Waals surface area contributed by atoms with Gasteiger partial charge in [0.05, 0.1) is 0 Å². The van der Waals surface area contributed by atoms with Crippen LogP contribution in [0.15, 0.2) is 18.2 Å². The molecule has 2 rings (SSSR count). The zero-order chi connectivity index (χ0) is 8.39. The molecule has 0 bridgehead atoms. The van der Waals surface area contributed by atoms with Gasteiger partial charge in [-0.2, -0.15) is 0 Å². The lowest BCUT2D eigenvalue weighted by Crippen LogP contribution is -1.86. The highest BCUT2D eigenvalue weighted by molar-refractivity contribution is 5.36. The van der Waals surface area contributed by atoms with Crippen LogP contribution in [-0.2, 0) is 19.3 Å².